The lowest BCUT2D eigenvalue weighted by Gasteiger charge is -2.29. The molecule has 1 aliphatic heterocycles. The van der Waals surface area contributed by atoms with Crippen molar-refractivity contribution in [2.24, 2.45) is 0 Å². The average molecular weight is 447 g/mol. The van der Waals surface area contributed by atoms with Gasteiger partial charge in [-0.15, -0.1) is 0 Å². The van der Waals surface area contributed by atoms with Gasteiger partial charge in [-0.1, -0.05) is 23.7 Å². The molecular formula is C25H23ClN4O2. The Kier molecular flexibility index (Phi) is 5.55. The van der Waals surface area contributed by atoms with Crippen LogP contribution >= 0.6 is 11.6 Å². The van der Waals surface area contributed by atoms with E-state index in [-0.39, 0.29) is 5.91 Å². The summed E-state index contributed by atoms with van der Waals surface area (Å²) in [6, 6.07) is 19.1. The molecule has 5 rings (SSSR count). The molecule has 1 aromatic heterocycles. The molecule has 0 radical (unpaired) electrons. The zero-order valence-electron chi connectivity index (χ0n) is 17.7. The minimum atomic E-state index is -0.158. The van der Waals surface area contributed by atoms with E-state index in [1.165, 1.54) is 0 Å². The fourth-order valence-electron chi connectivity index (χ4n) is 3.98. The van der Waals surface area contributed by atoms with Crippen LogP contribution in [-0.4, -0.2) is 42.2 Å². The van der Waals surface area contributed by atoms with Crippen molar-refractivity contribution >= 4 is 39.9 Å². The lowest BCUT2D eigenvalue weighted by atomic mass is 10.1. The van der Waals surface area contributed by atoms with Gasteiger partial charge in [-0.05, 0) is 61.0 Å². The van der Waals surface area contributed by atoms with Crippen molar-refractivity contribution < 1.29 is 9.53 Å². The number of carbonyl (C=O) groups is 1. The van der Waals surface area contributed by atoms with Gasteiger partial charge < -0.3 is 19.9 Å². The number of imidazole rings is 1. The van der Waals surface area contributed by atoms with E-state index in [0.29, 0.717) is 22.1 Å². The summed E-state index contributed by atoms with van der Waals surface area (Å²) in [5.41, 5.74) is 5.88. The van der Waals surface area contributed by atoms with E-state index >= 15 is 0 Å². The molecule has 0 atom stereocenters. The van der Waals surface area contributed by atoms with Crippen molar-refractivity contribution in [3.63, 3.8) is 0 Å². The highest BCUT2D eigenvalue weighted by Crippen LogP contribution is 2.30. The lowest BCUT2D eigenvalue weighted by Crippen LogP contribution is -2.36. The minimum Gasteiger partial charge on any atom is -0.378 e. The number of ether oxygens (including phenoxy) is 1. The van der Waals surface area contributed by atoms with E-state index in [9.17, 15) is 4.79 Å². The SMILES string of the molecule is Cc1cc(N2CCOCC2)ccc1C(=O)Nc1ccc(Cl)c(-c2nc3ccccc3[nH]2)c1. The van der Waals surface area contributed by atoms with Gasteiger partial charge in [0.05, 0.1) is 29.3 Å². The molecule has 1 fully saturated rings. The van der Waals surface area contributed by atoms with Gasteiger partial charge in [0.2, 0.25) is 0 Å². The Bertz CT molecular complexity index is 1260. The fraction of sp³-hybridized carbons (Fsp3) is 0.200. The Labute approximate surface area is 191 Å². The number of aromatic amines is 1. The molecule has 1 amide bonds. The van der Waals surface area contributed by atoms with Crippen molar-refractivity contribution in [1.82, 2.24) is 9.97 Å². The van der Waals surface area contributed by atoms with Gasteiger partial charge in [-0.2, -0.15) is 0 Å². The molecule has 0 unspecified atom stereocenters. The number of amides is 1. The third-order valence-corrected chi connectivity index (χ3v) is 6.03. The average Bonchev–Trinajstić information content (AvgIpc) is 3.25. The summed E-state index contributed by atoms with van der Waals surface area (Å²) in [5.74, 6) is 0.507. The number of carbonyl (C=O) groups excluding carboxylic acids is 1. The molecule has 0 aliphatic carbocycles. The molecule has 0 saturated carbocycles. The number of nitrogens with zero attached hydrogens (tertiary/aromatic N) is 2. The molecule has 0 spiro atoms. The third kappa shape index (κ3) is 4.07. The molecule has 32 heavy (non-hydrogen) atoms. The predicted molar refractivity (Wildman–Crippen MR) is 129 cm³/mol. The Morgan fingerprint density at radius 3 is 2.69 bits per heavy atom. The second kappa shape index (κ2) is 8.65. The smallest absolute Gasteiger partial charge is 0.255 e. The van der Waals surface area contributed by atoms with Gasteiger partial charge >= 0.3 is 0 Å². The molecule has 162 valence electrons. The summed E-state index contributed by atoms with van der Waals surface area (Å²) in [6.45, 7) is 5.14. The van der Waals surface area contributed by atoms with Crippen LogP contribution in [0.25, 0.3) is 22.4 Å². The molecule has 6 nitrogen and oxygen atoms in total. The van der Waals surface area contributed by atoms with Crippen LogP contribution in [0.3, 0.4) is 0 Å². The summed E-state index contributed by atoms with van der Waals surface area (Å²) < 4.78 is 5.42. The predicted octanol–water partition coefficient (Wildman–Crippen LogP) is 5.28. The number of fused-ring (bicyclic) bond motifs is 1. The lowest BCUT2D eigenvalue weighted by molar-refractivity contribution is 0.102. The van der Waals surface area contributed by atoms with Gasteiger partial charge in [0.15, 0.2) is 0 Å². The first-order valence-electron chi connectivity index (χ1n) is 10.6. The molecule has 7 heteroatoms. The van der Waals surface area contributed by atoms with Crippen molar-refractivity contribution in [2.45, 2.75) is 6.92 Å². The monoisotopic (exact) mass is 446 g/mol. The van der Waals surface area contributed by atoms with Crippen molar-refractivity contribution in [3.8, 4) is 11.4 Å². The topological polar surface area (TPSA) is 70.2 Å². The molecular weight excluding hydrogens is 424 g/mol. The van der Waals surface area contributed by atoms with Crippen LogP contribution in [0.15, 0.2) is 60.7 Å². The second-order valence-corrected chi connectivity index (χ2v) is 8.26. The highest BCUT2D eigenvalue weighted by molar-refractivity contribution is 6.33. The fourth-order valence-corrected chi connectivity index (χ4v) is 4.19. The van der Waals surface area contributed by atoms with Crippen molar-refractivity contribution in [2.75, 3.05) is 36.5 Å². The highest BCUT2D eigenvalue weighted by Gasteiger charge is 2.16. The number of rotatable bonds is 4. The third-order valence-electron chi connectivity index (χ3n) is 5.70. The number of anilines is 2. The van der Waals surface area contributed by atoms with E-state index in [4.69, 9.17) is 16.3 Å². The zero-order valence-corrected chi connectivity index (χ0v) is 18.4. The summed E-state index contributed by atoms with van der Waals surface area (Å²) >= 11 is 6.44. The van der Waals surface area contributed by atoms with E-state index in [1.807, 2.05) is 49.4 Å². The van der Waals surface area contributed by atoms with E-state index < -0.39 is 0 Å². The molecule has 3 aromatic carbocycles. The Morgan fingerprint density at radius 2 is 1.91 bits per heavy atom. The highest BCUT2D eigenvalue weighted by atomic mass is 35.5. The summed E-state index contributed by atoms with van der Waals surface area (Å²) in [6.07, 6.45) is 0. The maximum Gasteiger partial charge on any atom is 0.255 e. The van der Waals surface area contributed by atoms with Crippen LogP contribution in [0.2, 0.25) is 5.02 Å². The van der Waals surface area contributed by atoms with Gasteiger partial charge in [0, 0.05) is 35.6 Å². The summed E-state index contributed by atoms with van der Waals surface area (Å²) in [4.78, 5) is 23.2. The molecule has 0 bridgehead atoms. The van der Waals surface area contributed by atoms with E-state index in [0.717, 1.165) is 54.2 Å². The van der Waals surface area contributed by atoms with Crippen LogP contribution in [-0.2, 0) is 4.74 Å². The number of morpholine rings is 1. The number of aryl methyl sites for hydroxylation is 1. The Balaban J connectivity index is 1.38. The first-order valence-corrected chi connectivity index (χ1v) is 11.0. The molecule has 4 aromatic rings. The summed E-state index contributed by atoms with van der Waals surface area (Å²) in [7, 11) is 0. The quantitative estimate of drug-likeness (QED) is 0.447. The number of halogens is 1. The number of nitrogens with one attached hydrogen (secondary N) is 2. The van der Waals surface area contributed by atoms with Crippen LogP contribution in [0.4, 0.5) is 11.4 Å². The van der Waals surface area contributed by atoms with Crippen molar-refractivity contribution in [3.05, 3.63) is 76.8 Å². The maximum atomic E-state index is 13.0. The zero-order chi connectivity index (χ0) is 22.1. The Morgan fingerprint density at radius 1 is 1.09 bits per heavy atom. The second-order valence-electron chi connectivity index (χ2n) is 7.85. The normalized spacial score (nSPS) is 14.0. The maximum absolute atomic E-state index is 13.0. The summed E-state index contributed by atoms with van der Waals surface area (Å²) in [5, 5.41) is 3.56. The molecule has 2 N–H and O–H groups in total. The van der Waals surface area contributed by atoms with Crippen LogP contribution in [0.1, 0.15) is 15.9 Å². The number of benzene rings is 3. The number of H-pyrrole nitrogens is 1. The first kappa shape index (κ1) is 20.5. The van der Waals surface area contributed by atoms with Crippen LogP contribution < -0.4 is 10.2 Å². The number of hydrogen-bond donors (Lipinski definition) is 2. The minimum absolute atomic E-state index is 0.158. The van der Waals surface area contributed by atoms with Crippen LogP contribution in [0, 0.1) is 6.92 Å². The van der Waals surface area contributed by atoms with Gasteiger partial charge in [-0.3, -0.25) is 4.79 Å². The van der Waals surface area contributed by atoms with Crippen molar-refractivity contribution in [1.29, 1.82) is 0 Å². The van der Waals surface area contributed by atoms with E-state index in [1.54, 1.807) is 12.1 Å². The number of aromatic nitrogens is 2. The van der Waals surface area contributed by atoms with Gasteiger partial charge in [0.25, 0.3) is 5.91 Å². The van der Waals surface area contributed by atoms with E-state index in [2.05, 4.69) is 26.3 Å². The number of hydrogen-bond acceptors (Lipinski definition) is 4. The molecule has 1 aliphatic rings. The first-order chi connectivity index (χ1) is 15.6. The standard InChI is InChI=1S/C25H23ClN4O2/c1-16-14-18(30-10-12-32-13-11-30)7-8-19(16)25(31)27-17-6-9-21(26)20(15-17)24-28-22-4-2-3-5-23(22)29-24/h2-9,14-15H,10-13H2,1H3,(H,27,31)(H,28,29). The largest absolute Gasteiger partial charge is 0.378 e. The van der Waals surface area contributed by atoms with Crippen LogP contribution in [0.5, 0.6) is 0 Å². The Hall–Kier alpha value is -3.35. The molecule has 1 saturated heterocycles. The molecule has 2 heterocycles. The van der Waals surface area contributed by atoms with Gasteiger partial charge in [0.1, 0.15) is 5.82 Å². The number of para-hydroxylation sites is 2. The van der Waals surface area contributed by atoms with Gasteiger partial charge in [-0.25, -0.2) is 4.98 Å².